The third kappa shape index (κ3) is 4.39. The third-order valence-electron chi connectivity index (χ3n) is 4.15. The van der Waals surface area contributed by atoms with Gasteiger partial charge in [-0.25, -0.2) is 4.98 Å². The van der Waals surface area contributed by atoms with E-state index < -0.39 is 6.10 Å². The largest absolute Gasteiger partial charge is 0.489 e. The van der Waals surface area contributed by atoms with Crippen molar-refractivity contribution in [2.75, 3.05) is 13.2 Å². The van der Waals surface area contributed by atoms with Crippen LogP contribution < -0.4 is 10.1 Å². The summed E-state index contributed by atoms with van der Waals surface area (Å²) in [5.41, 5.74) is 2.52. The highest BCUT2D eigenvalue weighted by Gasteiger charge is 2.12. The Morgan fingerprint density at radius 1 is 1.27 bits per heavy atom. The first-order chi connectivity index (χ1) is 12.7. The van der Waals surface area contributed by atoms with Gasteiger partial charge in [-0.15, -0.1) is 0 Å². The van der Waals surface area contributed by atoms with E-state index in [1.54, 1.807) is 24.3 Å². The highest BCUT2D eigenvalue weighted by molar-refractivity contribution is 5.42. The second-order valence-corrected chi connectivity index (χ2v) is 6.26. The second-order valence-electron chi connectivity index (χ2n) is 6.26. The second kappa shape index (κ2) is 8.48. The summed E-state index contributed by atoms with van der Waals surface area (Å²) in [6.07, 6.45) is 4.02. The van der Waals surface area contributed by atoms with Crippen LogP contribution >= 0.6 is 0 Å². The number of hydrogen-bond acceptors (Lipinski definition) is 5. The summed E-state index contributed by atoms with van der Waals surface area (Å²) in [4.78, 5) is 4.39. The van der Waals surface area contributed by atoms with Gasteiger partial charge in [0, 0.05) is 37.1 Å². The molecule has 2 N–H and O–H groups in total. The number of aromatic nitrogens is 2. The van der Waals surface area contributed by atoms with Crippen molar-refractivity contribution < 1.29 is 9.84 Å². The van der Waals surface area contributed by atoms with Crippen molar-refractivity contribution >= 4 is 5.65 Å². The Morgan fingerprint density at radius 2 is 2.08 bits per heavy atom. The number of nitrogens with one attached hydrogen (secondary N) is 1. The van der Waals surface area contributed by atoms with E-state index >= 15 is 0 Å². The Morgan fingerprint density at radius 3 is 2.92 bits per heavy atom. The van der Waals surface area contributed by atoms with Crippen molar-refractivity contribution in [2.24, 2.45) is 0 Å². The minimum absolute atomic E-state index is 0.133. The van der Waals surface area contributed by atoms with Gasteiger partial charge in [0.2, 0.25) is 0 Å². The SMILES string of the molecule is CC(Cc1cnc2ccccn12)NCC(O)COc1ccccc1C#N. The molecule has 0 aliphatic carbocycles. The van der Waals surface area contributed by atoms with Crippen LogP contribution in [-0.4, -0.2) is 39.8 Å². The first kappa shape index (κ1) is 17.9. The van der Waals surface area contributed by atoms with Gasteiger partial charge >= 0.3 is 0 Å². The lowest BCUT2D eigenvalue weighted by atomic mass is 10.2. The van der Waals surface area contributed by atoms with Crippen LogP contribution in [0.1, 0.15) is 18.2 Å². The standard InChI is InChI=1S/C20H22N4O2/c1-15(10-17-12-23-20-8-4-5-9-24(17)20)22-13-18(25)14-26-19-7-3-2-6-16(19)11-21/h2-9,12,15,18,22,25H,10,13-14H2,1H3. The van der Waals surface area contributed by atoms with Gasteiger partial charge in [0.25, 0.3) is 0 Å². The molecule has 26 heavy (non-hydrogen) atoms. The van der Waals surface area contributed by atoms with Crippen molar-refractivity contribution in [3.05, 3.63) is 66.1 Å². The lowest BCUT2D eigenvalue weighted by molar-refractivity contribution is 0.104. The molecule has 2 atom stereocenters. The molecule has 6 nitrogen and oxygen atoms in total. The molecule has 6 heteroatoms. The summed E-state index contributed by atoms with van der Waals surface area (Å²) < 4.78 is 7.63. The molecule has 0 spiro atoms. The van der Waals surface area contributed by atoms with Crippen LogP contribution in [0.25, 0.3) is 5.65 Å². The summed E-state index contributed by atoms with van der Waals surface area (Å²) >= 11 is 0. The van der Waals surface area contributed by atoms with Crippen molar-refractivity contribution in [3.63, 3.8) is 0 Å². The molecule has 3 rings (SSSR count). The molecule has 3 aromatic rings. The number of aliphatic hydroxyl groups is 1. The highest BCUT2D eigenvalue weighted by atomic mass is 16.5. The number of fused-ring (bicyclic) bond motifs is 1. The minimum Gasteiger partial charge on any atom is -0.489 e. The summed E-state index contributed by atoms with van der Waals surface area (Å²) in [7, 11) is 0. The Kier molecular flexibility index (Phi) is 5.84. The van der Waals surface area contributed by atoms with Crippen LogP contribution in [0.3, 0.4) is 0 Å². The zero-order valence-corrected chi connectivity index (χ0v) is 14.7. The molecule has 0 saturated heterocycles. The normalized spacial score (nSPS) is 13.3. The zero-order valence-electron chi connectivity index (χ0n) is 14.7. The number of pyridine rings is 1. The van der Waals surface area contributed by atoms with E-state index in [9.17, 15) is 5.11 Å². The topological polar surface area (TPSA) is 82.6 Å². The molecule has 0 saturated carbocycles. The fraction of sp³-hybridized carbons (Fsp3) is 0.300. The Hall–Kier alpha value is -2.88. The predicted molar refractivity (Wildman–Crippen MR) is 99.0 cm³/mol. The number of imidazole rings is 1. The Bertz CT molecular complexity index is 900. The quantitative estimate of drug-likeness (QED) is 0.651. The van der Waals surface area contributed by atoms with E-state index in [2.05, 4.69) is 27.7 Å². The van der Waals surface area contributed by atoms with E-state index in [-0.39, 0.29) is 12.6 Å². The van der Waals surface area contributed by atoms with Crippen molar-refractivity contribution in [2.45, 2.75) is 25.5 Å². The maximum absolute atomic E-state index is 10.1. The minimum atomic E-state index is -0.661. The number of nitrogens with zero attached hydrogens (tertiary/aromatic N) is 3. The van der Waals surface area contributed by atoms with Crippen LogP contribution in [0.5, 0.6) is 5.75 Å². The molecule has 0 bridgehead atoms. The van der Waals surface area contributed by atoms with E-state index in [0.717, 1.165) is 17.8 Å². The molecule has 2 heterocycles. The Balaban J connectivity index is 1.47. The Labute approximate surface area is 152 Å². The molecule has 1 aromatic carbocycles. The molecule has 0 radical (unpaired) electrons. The van der Waals surface area contributed by atoms with Crippen LogP contribution in [0, 0.1) is 11.3 Å². The summed E-state index contributed by atoms with van der Waals surface area (Å²) in [5, 5.41) is 22.5. The number of aliphatic hydroxyl groups excluding tert-OH is 1. The van der Waals surface area contributed by atoms with Crippen molar-refractivity contribution in [3.8, 4) is 11.8 Å². The van der Waals surface area contributed by atoms with Crippen LogP contribution in [0.2, 0.25) is 0 Å². The average molecular weight is 350 g/mol. The van der Waals surface area contributed by atoms with Crippen LogP contribution in [0.15, 0.2) is 54.9 Å². The van der Waals surface area contributed by atoms with E-state index in [4.69, 9.17) is 10.00 Å². The van der Waals surface area contributed by atoms with Crippen molar-refractivity contribution in [1.82, 2.24) is 14.7 Å². The molecule has 0 aliphatic heterocycles. The van der Waals surface area contributed by atoms with E-state index in [0.29, 0.717) is 17.9 Å². The van der Waals surface area contributed by atoms with Gasteiger partial charge in [0.05, 0.1) is 5.56 Å². The molecule has 2 unspecified atom stereocenters. The molecule has 0 aliphatic rings. The number of para-hydroxylation sites is 1. The smallest absolute Gasteiger partial charge is 0.137 e. The predicted octanol–water partition coefficient (Wildman–Crippen LogP) is 2.17. The van der Waals surface area contributed by atoms with E-state index in [1.807, 2.05) is 30.6 Å². The van der Waals surface area contributed by atoms with Gasteiger partial charge in [0.1, 0.15) is 30.2 Å². The number of hydrogen-bond donors (Lipinski definition) is 2. The van der Waals surface area contributed by atoms with Gasteiger partial charge in [-0.3, -0.25) is 0 Å². The monoisotopic (exact) mass is 350 g/mol. The van der Waals surface area contributed by atoms with E-state index in [1.165, 1.54) is 0 Å². The summed E-state index contributed by atoms with van der Waals surface area (Å²) in [6.45, 7) is 2.61. The maximum atomic E-state index is 10.1. The molecule has 0 fully saturated rings. The number of rotatable bonds is 8. The maximum Gasteiger partial charge on any atom is 0.137 e. The number of nitriles is 1. The molecule has 134 valence electrons. The van der Waals surface area contributed by atoms with Gasteiger partial charge < -0.3 is 19.6 Å². The fourth-order valence-electron chi connectivity index (χ4n) is 2.79. The van der Waals surface area contributed by atoms with Gasteiger partial charge in [-0.2, -0.15) is 5.26 Å². The van der Waals surface area contributed by atoms with Gasteiger partial charge in [0.15, 0.2) is 0 Å². The number of benzene rings is 1. The lowest BCUT2D eigenvalue weighted by Gasteiger charge is -2.18. The molecule has 0 amide bonds. The first-order valence-corrected chi connectivity index (χ1v) is 8.61. The molecule has 2 aromatic heterocycles. The lowest BCUT2D eigenvalue weighted by Crippen LogP contribution is -2.37. The summed E-state index contributed by atoms with van der Waals surface area (Å²) in [5.74, 6) is 0.493. The third-order valence-corrected chi connectivity index (χ3v) is 4.15. The van der Waals surface area contributed by atoms with Gasteiger partial charge in [-0.1, -0.05) is 18.2 Å². The van der Waals surface area contributed by atoms with Crippen molar-refractivity contribution in [1.29, 1.82) is 5.26 Å². The summed E-state index contributed by atoms with van der Waals surface area (Å²) in [6, 6.07) is 15.2. The van der Waals surface area contributed by atoms with Gasteiger partial charge in [-0.05, 0) is 31.2 Å². The average Bonchev–Trinajstić information content (AvgIpc) is 3.08. The highest BCUT2D eigenvalue weighted by Crippen LogP contribution is 2.16. The molecular formula is C20H22N4O2. The fourth-order valence-corrected chi connectivity index (χ4v) is 2.79. The number of ether oxygens (including phenoxy) is 1. The first-order valence-electron chi connectivity index (χ1n) is 8.61. The molecular weight excluding hydrogens is 328 g/mol. The van der Waals surface area contributed by atoms with Crippen LogP contribution in [0.4, 0.5) is 0 Å². The zero-order chi connectivity index (χ0) is 18.4. The van der Waals surface area contributed by atoms with Crippen LogP contribution in [-0.2, 0) is 6.42 Å².